The van der Waals surface area contributed by atoms with Gasteiger partial charge < -0.3 is 0 Å². The predicted molar refractivity (Wildman–Crippen MR) is 108 cm³/mol. The maximum absolute atomic E-state index is 13.2. The zero-order valence-corrected chi connectivity index (χ0v) is 18.2. The second-order valence-corrected chi connectivity index (χ2v) is 11.7. The van der Waals surface area contributed by atoms with Crippen LogP contribution in [0.15, 0.2) is 33.6 Å². The van der Waals surface area contributed by atoms with Crippen LogP contribution < -0.4 is 0 Å². The largest absolute Gasteiger partial charge is 0.283 e. The average molecular weight is 449 g/mol. The summed E-state index contributed by atoms with van der Waals surface area (Å²) in [7, 11) is -3.67. The molecule has 4 nitrogen and oxygen atoms in total. The van der Waals surface area contributed by atoms with Crippen LogP contribution in [0.1, 0.15) is 55.5 Å². The molecule has 0 unspecified atom stereocenters. The van der Waals surface area contributed by atoms with Crippen molar-refractivity contribution in [2.24, 2.45) is 17.8 Å². The molecule has 144 valence electrons. The Morgan fingerprint density at radius 2 is 1.52 bits per heavy atom. The van der Waals surface area contributed by atoms with Crippen molar-refractivity contribution in [2.75, 3.05) is 0 Å². The molecule has 1 heterocycles. The van der Waals surface area contributed by atoms with Gasteiger partial charge in [0.15, 0.2) is 0 Å². The summed E-state index contributed by atoms with van der Waals surface area (Å²) in [6.07, 6.45) is 7.77. The predicted octanol–water partition coefficient (Wildman–Crippen LogP) is 4.97. The van der Waals surface area contributed by atoms with Crippen LogP contribution in [0.2, 0.25) is 0 Å². The lowest BCUT2D eigenvalue weighted by molar-refractivity contribution is -0.00574. The molecule has 4 fully saturated rings. The molecule has 0 aliphatic heterocycles. The number of hydrogen-bond donors (Lipinski definition) is 0. The Balaban J connectivity index is 1.61. The Labute approximate surface area is 169 Å². The molecule has 27 heavy (non-hydrogen) atoms. The average Bonchev–Trinajstić information content (AvgIpc) is 2.90. The zero-order chi connectivity index (χ0) is 19.0. The van der Waals surface area contributed by atoms with E-state index in [-0.39, 0.29) is 10.3 Å². The summed E-state index contributed by atoms with van der Waals surface area (Å²) >= 11 is 3.37. The second-order valence-electron chi connectivity index (χ2n) is 9.05. The van der Waals surface area contributed by atoms with Gasteiger partial charge in [0.1, 0.15) is 0 Å². The first-order valence-electron chi connectivity index (χ1n) is 9.86. The van der Waals surface area contributed by atoms with E-state index >= 15 is 0 Å². The minimum atomic E-state index is -3.67. The Kier molecular flexibility index (Phi) is 3.94. The van der Waals surface area contributed by atoms with Gasteiger partial charge in [-0.1, -0.05) is 15.9 Å². The Hall–Kier alpha value is -1.14. The van der Waals surface area contributed by atoms with E-state index in [2.05, 4.69) is 21.0 Å². The molecular weight excluding hydrogens is 424 g/mol. The molecule has 0 spiro atoms. The van der Waals surface area contributed by atoms with Crippen LogP contribution in [0.5, 0.6) is 0 Å². The molecule has 2 aromatic rings. The highest BCUT2D eigenvalue weighted by atomic mass is 79.9. The minimum absolute atomic E-state index is 0.149. The number of benzene rings is 1. The van der Waals surface area contributed by atoms with Crippen molar-refractivity contribution in [2.45, 2.75) is 62.7 Å². The Morgan fingerprint density at radius 1 is 1.00 bits per heavy atom. The number of rotatable bonds is 3. The van der Waals surface area contributed by atoms with E-state index in [4.69, 9.17) is 0 Å². The molecule has 4 aliphatic carbocycles. The summed E-state index contributed by atoms with van der Waals surface area (Å²) in [6.45, 7) is 3.94. The quantitative estimate of drug-likeness (QED) is 0.665. The summed E-state index contributed by atoms with van der Waals surface area (Å²) < 4.78 is 28.6. The van der Waals surface area contributed by atoms with Gasteiger partial charge in [-0.3, -0.25) is 0 Å². The van der Waals surface area contributed by atoms with Crippen LogP contribution in [-0.2, 0) is 15.4 Å². The second kappa shape index (κ2) is 5.93. The first-order valence-corrected chi connectivity index (χ1v) is 12.1. The molecule has 0 atom stereocenters. The van der Waals surface area contributed by atoms with Crippen molar-refractivity contribution in [3.05, 3.63) is 45.7 Å². The van der Waals surface area contributed by atoms with Gasteiger partial charge in [-0.2, -0.15) is 17.6 Å². The van der Waals surface area contributed by atoms with Crippen LogP contribution in [0, 0.1) is 31.6 Å². The van der Waals surface area contributed by atoms with Crippen molar-refractivity contribution in [1.29, 1.82) is 0 Å². The number of aryl methyl sites for hydroxylation is 1. The Bertz CT molecular complexity index is 972. The topological polar surface area (TPSA) is 52.0 Å². The fourth-order valence-corrected chi connectivity index (χ4v) is 8.37. The van der Waals surface area contributed by atoms with Crippen molar-refractivity contribution < 1.29 is 8.42 Å². The third kappa shape index (κ3) is 2.66. The molecule has 0 saturated heterocycles. The van der Waals surface area contributed by atoms with Gasteiger partial charge in [0.2, 0.25) is 0 Å². The summed E-state index contributed by atoms with van der Waals surface area (Å²) in [5, 5.41) is 4.55. The molecule has 1 aromatic heterocycles. The highest BCUT2D eigenvalue weighted by Crippen LogP contribution is 2.61. The van der Waals surface area contributed by atoms with Gasteiger partial charge in [-0.15, -0.1) is 0 Å². The third-order valence-corrected chi connectivity index (χ3v) is 9.37. The van der Waals surface area contributed by atoms with E-state index in [9.17, 15) is 8.42 Å². The van der Waals surface area contributed by atoms with Gasteiger partial charge in [-0.05, 0) is 99.8 Å². The zero-order valence-electron chi connectivity index (χ0n) is 15.8. The van der Waals surface area contributed by atoms with Gasteiger partial charge in [0.25, 0.3) is 10.0 Å². The lowest BCUT2D eigenvalue weighted by atomic mass is 9.48. The smallest absolute Gasteiger partial charge is 0.199 e. The van der Waals surface area contributed by atoms with Gasteiger partial charge in [0, 0.05) is 10.0 Å². The van der Waals surface area contributed by atoms with Crippen LogP contribution in [0.3, 0.4) is 0 Å². The first-order chi connectivity index (χ1) is 12.8. The van der Waals surface area contributed by atoms with Gasteiger partial charge in [-0.25, -0.2) is 0 Å². The monoisotopic (exact) mass is 448 g/mol. The van der Waals surface area contributed by atoms with Crippen molar-refractivity contribution >= 4 is 26.0 Å². The fraction of sp³-hybridized carbons (Fsp3) is 0.571. The number of halogens is 1. The molecule has 6 heteroatoms. The fourth-order valence-electron chi connectivity index (χ4n) is 6.74. The first kappa shape index (κ1) is 17.9. The minimum Gasteiger partial charge on any atom is -0.199 e. The lowest BCUT2D eigenvalue weighted by Crippen LogP contribution is -2.49. The normalized spacial score (nSPS) is 32.2. The van der Waals surface area contributed by atoms with Crippen molar-refractivity contribution in [1.82, 2.24) is 9.19 Å². The van der Waals surface area contributed by atoms with E-state index in [1.165, 1.54) is 48.2 Å². The maximum Gasteiger partial charge on any atom is 0.283 e. The van der Waals surface area contributed by atoms with Crippen LogP contribution >= 0.6 is 15.9 Å². The molecule has 6 rings (SSSR count). The molecule has 0 radical (unpaired) electrons. The summed E-state index contributed by atoms with van der Waals surface area (Å²) in [5.41, 5.74) is 3.09. The molecule has 4 saturated carbocycles. The van der Waals surface area contributed by atoms with Gasteiger partial charge in [0.05, 0.1) is 16.3 Å². The molecule has 4 bridgehead atoms. The molecular formula is C21H25BrN2O2S. The number of aromatic nitrogens is 2. The standard InChI is InChI=1S/C21H25BrN2O2S/c1-13-20(21-10-15-7-16(11-21)9-17(8-15)12-21)14(2)24(23-13)27(25,26)19-5-3-18(22)4-6-19/h3-6,15-17H,7-12H2,1-2H3. The summed E-state index contributed by atoms with van der Waals surface area (Å²) in [4.78, 5) is 0.286. The molecule has 0 N–H and O–H groups in total. The van der Waals surface area contributed by atoms with E-state index in [0.29, 0.717) is 0 Å². The molecule has 0 amide bonds. The van der Waals surface area contributed by atoms with Crippen LogP contribution in [0.4, 0.5) is 0 Å². The number of nitrogens with zero attached hydrogens (tertiary/aromatic N) is 2. The number of hydrogen-bond acceptors (Lipinski definition) is 3. The van der Waals surface area contributed by atoms with Gasteiger partial charge >= 0.3 is 0 Å². The van der Waals surface area contributed by atoms with Crippen molar-refractivity contribution in [3.8, 4) is 0 Å². The van der Waals surface area contributed by atoms with E-state index in [0.717, 1.165) is 33.6 Å². The Morgan fingerprint density at radius 3 is 2.04 bits per heavy atom. The van der Waals surface area contributed by atoms with E-state index in [1.54, 1.807) is 24.3 Å². The van der Waals surface area contributed by atoms with E-state index < -0.39 is 10.0 Å². The molecule has 1 aromatic carbocycles. The van der Waals surface area contributed by atoms with Crippen LogP contribution in [-0.4, -0.2) is 17.6 Å². The summed E-state index contributed by atoms with van der Waals surface area (Å²) in [6, 6.07) is 6.80. The highest BCUT2D eigenvalue weighted by molar-refractivity contribution is 9.10. The lowest BCUT2D eigenvalue weighted by Gasteiger charge is -2.57. The maximum atomic E-state index is 13.2. The highest BCUT2D eigenvalue weighted by Gasteiger charge is 2.53. The third-order valence-electron chi connectivity index (χ3n) is 7.16. The van der Waals surface area contributed by atoms with Crippen LogP contribution in [0.25, 0.3) is 0 Å². The molecule has 4 aliphatic rings. The van der Waals surface area contributed by atoms with E-state index in [1.807, 2.05) is 13.8 Å². The summed E-state index contributed by atoms with van der Waals surface area (Å²) in [5.74, 6) is 2.46. The van der Waals surface area contributed by atoms with Crippen molar-refractivity contribution in [3.63, 3.8) is 0 Å². The SMILES string of the molecule is Cc1nn(S(=O)(=O)c2ccc(Br)cc2)c(C)c1C12CC3CC(CC(C3)C1)C2.